The van der Waals surface area contributed by atoms with E-state index >= 15 is 0 Å². The predicted molar refractivity (Wildman–Crippen MR) is 127 cm³/mol. The molecule has 0 amide bonds. The van der Waals surface area contributed by atoms with Crippen LogP contribution in [0.5, 0.6) is 0 Å². The predicted octanol–water partition coefficient (Wildman–Crippen LogP) is -0.949. The third-order valence-electron chi connectivity index (χ3n) is 6.28. The summed E-state index contributed by atoms with van der Waals surface area (Å²) in [5.41, 5.74) is 0.707. The molecule has 1 aliphatic rings. The van der Waals surface area contributed by atoms with Crippen molar-refractivity contribution < 1.29 is 69.0 Å². The van der Waals surface area contributed by atoms with E-state index in [1.807, 2.05) is 19.1 Å². The normalized spacial score (nSPS) is 24.6. The molecule has 0 spiro atoms. The van der Waals surface area contributed by atoms with Gasteiger partial charge in [-0.05, 0) is 51.9 Å². The Morgan fingerprint density at radius 1 is 1.09 bits per heavy atom. The number of aliphatic hydroxyl groups is 3. The number of rotatable bonds is 16. The number of ether oxygens (including phenoxy) is 2. The zero-order valence-corrected chi connectivity index (χ0v) is 23.9. The molecule has 35 heavy (non-hydrogen) atoms. The SMILES string of the molecule is C/C(=C\C(=O)OCCCCCCCCC(=O)[O-])C[C@@H]1OC[C@H](C/C=C/[C@@H](C)[C@H](C)O)[C@@H](O)[C@H]1O.[Na+]. The molecule has 6 atom stereocenters. The van der Waals surface area contributed by atoms with E-state index in [4.69, 9.17) is 9.47 Å². The van der Waals surface area contributed by atoms with Crippen LogP contribution in [0.15, 0.2) is 23.8 Å². The fourth-order valence-corrected chi connectivity index (χ4v) is 3.83. The van der Waals surface area contributed by atoms with Gasteiger partial charge in [-0.1, -0.05) is 50.3 Å². The van der Waals surface area contributed by atoms with Crippen LogP contribution in [0.3, 0.4) is 0 Å². The van der Waals surface area contributed by atoms with Crippen LogP contribution in [0.4, 0.5) is 0 Å². The third kappa shape index (κ3) is 15.2. The molecule has 1 saturated heterocycles. The van der Waals surface area contributed by atoms with Gasteiger partial charge in [0.1, 0.15) is 6.10 Å². The van der Waals surface area contributed by atoms with Gasteiger partial charge in [-0.3, -0.25) is 0 Å². The van der Waals surface area contributed by atoms with E-state index in [9.17, 15) is 30.0 Å². The van der Waals surface area contributed by atoms with Crippen molar-refractivity contribution in [1.29, 1.82) is 0 Å². The summed E-state index contributed by atoms with van der Waals surface area (Å²) in [5, 5.41) is 40.8. The number of hydrogen-bond acceptors (Lipinski definition) is 8. The molecule has 1 rings (SSSR count). The molecule has 1 aliphatic heterocycles. The van der Waals surface area contributed by atoms with E-state index in [0.29, 0.717) is 38.0 Å². The van der Waals surface area contributed by atoms with Gasteiger partial charge in [-0.15, -0.1) is 0 Å². The van der Waals surface area contributed by atoms with Crippen LogP contribution >= 0.6 is 0 Å². The van der Waals surface area contributed by atoms with E-state index in [0.717, 1.165) is 32.1 Å². The molecule has 0 aliphatic carbocycles. The van der Waals surface area contributed by atoms with Gasteiger partial charge < -0.3 is 34.7 Å². The summed E-state index contributed by atoms with van der Waals surface area (Å²) in [5.74, 6) is -1.66. The number of allylic oxidation sites excluding steroid dienone is 1. The number of carbonyl (C=O) groups excluding carboxylic acids is 2. The third-order valence-corrected chi connectivity index (χ3v) is 6.28. The Balaban J connectivity index is 0.0000116. The first-order valence-electron chi connectivity index (χ1n) is 12.5. The van der Waals surface area contributed by atoms with Crippen molar-refractivity contribution in [3.05, 3.63) is 23.8 Å². The van der Waals surface area contributed by atoms with Gasteiger partial charge >= 0.3 is 35.5 Å². The van der Waals surface area contributed by atoms with Crippen LogP contribution in [0.2, 0.25) is 0 Å². The van der Waals surface area contributed by atoms with E-state index in [2.05, 4.69) is 0 Å². The number of aliphatic carboxylic acids is 1. The van der Waals surface area contributed by atoms with E-state index in [1.165, 1.54) is 6.08 Å². The Morgan fingerprint density at radius 2 is 1.71 bits per heavy atom. The van der Waals surface area contributed by atoms with Gasteiger partial charge in [-0.2, -0.15) is 0 Å². The number of carboxylic acids is 1. The molecule has 0 aromatic heterocycles. The largest absolute Gasteiger partial charge is 1.00 e. The van der Waals surface area contributed by atoms with Gasteiger partial charge in [-0.25, -0.2) is 4.79 Å². The minimum absolute atomic E-state index is 0. The second kappa shape index (κ2) is 19.4. The minimum atomic E-state index is -1.05. The summed E-state index contributed by atoms with van der Waals surface area (Å²) >= 11 is 0. The van der Waals surface area contributed by atoms with Gasteiger partial charge in [0.25, 0.3) is 0 Å². The van der Waals surface area contributed by atoms with Crippen molar-refractivity contribution in [2.75, 3.05) is 13.2 Å². The second-order valence-corrected chi connectivity index (χ2v) is 9.48. The molecular formula is C26H43NaO8. The maximum absolute atomic E-state index is 12.0. The van der Waals surface area contributed by atoms with Crippen molar-refractivity contribution in [1.82, 2.24) is 0 Å². The van der Waals surface area contributed by atoms with E-state index in [1.54, 1.807) is 13.8 Å². The molecule has 3 N–H and O–H groups in total. The topological polar surface area (TPSA) is 136 Å². The summed E-state index contributed by atoms with van der Waals surface area (Å²) in [6.45, 7) is 6.03. The number of carbonyl (C=O) groups is 2. The molecule has 0 unspecified atom stereocenters. The van der Waals surface area contributed by atoms with Crippen molar-refractivity contribution in [2.24, 2.45) is 11.8 Å². The molecule has 0 radical (unpaired) electrons. The molecular weight excluding hydrogens is 463 g/mol. The molecule has 0 bridgehead atoms. The maximum Gasteiger partial charge on any atom is 1.00 e. The summed E-state index contributed by atoms with van der Waals surface area (Å²) < 4.78 is 11.0. The second-order valence-electron chi connectivity index (χ2n) is 9.48. The number of aliphatic hydroxyl groups excluding tert-OH is 3. The summed E-state index contributed by atoms with van der Waals surface area (Å²) in [6, 6.07) is 0. The van der Waals surface area contributed by atoms with Gasteiger partial charge in [0, 0.05) is 18.0 Å². The van der Waals surface area contributed by atoms with Gasteiger partial charge in [0.15, 0.2) is 0 Å². The Kier molecular flexibility index (Phi) is 19.0. The van der Waals surface area contributed by atoms with Crippen LogP contribution < -0.4 is 34.7 Å². The molecule has 196 valence electrons. The number of carboxylic acid groups (broad SMARTS) is 1. The van der Waals surface area contributed by atoms with Gasteiger partial charge in [0.2, 0.25) is 0 Å². The van der Waals surface area contributed by atoms with Crippen molar-refractivity contribution in [2.45, 2.75) is 103 Å². The molecule has 1 fully saturated rings. The molecule has 8 nitrogen and oxygen atoms in total. The van der Waals surface area contributed by atoms with E-state index in [-0.39, 0.29) is 47.8 Å². The standard InChI is InChI=1S/C26H44O8.Na/c1-18(16-24(30)33-14-9-7-5-4-6-8-13-23(28)29)15-22-26(32)25(31)21(17-34-22)12-10-11-19(2)20(3)27;/h10-11,16,19-22,25-27,31-32H,4-9,12-15,17H2,1-3H3,(H,28,29);/q;+1/p-1/b11-10+,18-16+;/t19-,20+,21+,22+,25-,26+;/m1./s1. The Morgan fingerprint density at radius 3 is 2.34 bits per heavy atom. The molecule has 0 aromatic carbocycles. The average Bonchev–Trinajstić information content (AvgIpc) is 2.76. The van der Waals surface area contributed by atoms with Gasteiger partial charge in [0.05, 0.1) is 31.5 Å². The Hall–Kier alpha value is -0.740. The average molecular weight is 507 g/mol. The first-order valence-corrected chi connectivity index (χ1v) is 12.5. The fraction of sp³-hybridized carbons (Fsp3) is 0.769. The quantitative estimate of drug-likeness (QED) is 0.0802. The van der Waals surface area contributed by atoms with Crippen molar-refractivity contribution in [3.63, 3.8) is 0 Å². The summed E-state index contributed by atoms with van der Waals surface area (Å²) in [4.78, 5) is 22.3. The van der Waals surface area contributed by atoms with Crippen LogP contribution in [0.25, 0.3) is 0 Å². The zero-order chi connectivity index (χ0) is 25.5. The number of hydrogen-bond donors (Lipinski definition) is 3. The molecule has 9 heteroatoms. The monoisotopic (exact) mass is 506 g/mol. The smallest absolute Gasteiger partial charge is 0.550 e. The van der Waals surface area contributed by atoms with Crippen LogP contribution in [-0.2, 0) is 19.1 Å². The Labute approximate surface area is 232 Å². The van der Waals surface area contributed by atoms with Crippen LogP contribution in [-0.4, -0.2) is 64.9 Å². The molecule has 1 heterocycles. The minimum Gasteiger partial charge on any atom is -0.550 e. The van der Waals surface area contributed by atoms with Crippen molar-refractivity contribution >= 4 is 11.9 Å². The molecule has 0 saturated carbocycles. The first kappa shape index (κ1) is 34.3. The summed E-state index contributed by atoms with van der Waals surface area (Å²) in [6.07, 6.45) is 8.24. The summed E-state index contributed by atoms with van der Waals surface area (Å²) in [7, 11) is 0. The molecule has 0 aromatic rings. The van der Waals surface area contributed by atoms with Crippen LogP contribution in [0, 0.1) is 11.8 Å². The first-order chi connectivity index (χ1) is 16.1. The zero-order valence-electron chi connectivity index (χ0n) is 21.9. The number of esters is 1. The van der Waals surface area contributed by atoms with E-state index < -0.39 is 36.4 Å². The maximum atomic E-state index is 12.0. The number of unbranched alkanes of at least 4 members (excludes halogenated alkanes) is 5. The Bertz CT molecular complexity index is 664. The van der Waals surface area contributed by atoms with Crippen molar-refractivity contribution in [3.8, 4) is 0 Å². The van der Waals surface area contributed by atoms with Crippen LogP contribution in [0.1, 0.15) is 78.6 Å². The fourth-order valence-electron chi connectivity index (χ4n) is 3.83.